The van der Waals surface area contributed by atoms with Crippen LogP contribution in [0.2, 0.25) is 0 Å². The summed E-state index contributed by atoms with van der Waals surface area (Å²) in [4.78, 5) is 0. The average Bonchev–Trinajstić information content (AvgIpc) is 2.10. The van der Waals surface area contributed by atoms with Gasteiger partial charge in [-0.1, -0.05) is 12.1 Å². The van der Waals surface area contributed by atoms with Gasteiger partial charge in [0.05, 0.1) is 12.1 Å². The van der Waals surface area contributed by atoms with Gasteiger partial charge in [-0.3, -0.25) is 0 Å². The first-order valence-corrected chi connectivity index (χ1v) is 4.40. The van der Waals surface area contributed by atoms with Gasteiger partial charge in [0.2, 0.25) is 0 Å². The lowest BCUT2D eigenvalue weighted by molar-refractivity contribution is 1.10. The zero-order valence-electron chi connectivity index (χ0n) is 6.16. The van der Waals surface area contributed by atoms with Crippen LogP contribution in [0.5, 0.6) is 0 Å². The molecule has 0 atom stereocenters. The molecule has 0 aliphatic heterocycles. The highest BCUT2D eigenvalue weighted by atomic mass is 127. The molecule has 0 aromatic heterocycles. The van der Waals surface area contributed by atoms with Gasteiger partial charge < -0.3 is 0 Å². The molecule has 0 saturated heterocycles. The average molecular weight is 268 g/mol. The minimum absolute atomic E-state index is 0.637. The molecule has 3 heteroatoms. The molecular formula is C9H5IN2. The molecule has 0 fully saturated rings. The van der Waals surface area contributed by atoms with Crippen LogP contribution in [0.15, 0.2) is 24.3 Å². The summed E-state index contributed by atoms with van der Waals surface area (Å²) in [5, 5.41) is 17.1. The number of rotatable bonds is 1. The summed E-state index contributed by atoms with van der Waals surface area (Å²) in [6.45, 7) is 0. The first-order valence-electron chi connectivity index (χ1n) is 3.32. The molecule has 0 aliphatic carbocycles. The van der Waals surface area contributed by atoms with Crippen molar-refractivity contribution in [3.63, 3.8) is 0 Å². The lowest BCUT2D eigenvalue weighted by atomic mass is 10.0. The Hall–Kier alpha value is -1.07. The van der Waals surface area contributed by atoms with E-state index in [4.69, 9.17) is 10.5 Å². The minimum atomic E-state index is -0.637. The van der Waals surface area contributed by atoms with Crippen molar-refractivity contribution in [2.24, 2.45) is 0 Å². The van der Waals surface area contributed by atoms with Crippen LogP contribution < -0.4 is 0 Å². The fraction of sp³-hybridized carbons (Fsp3) is 0.111. The van der Waals surface area contributed by atoms with Crippen LogP contribution in [-0.2, 0) is 0 Å². The lowest BCUT2D eigenvalue weighted by Gasteiger charge is -1.98. The summed E-state index contributed by atoms with van der Waals surface area (Å²) in [6, 6.07) is 11.2. The number of nitrogens with zero attached hydrogens (tertiary/aromatic N) is 2. The topological polar surface area (TPSA) is 47.6 Å². The predicted octanol–water partition coefficient (Wildman–Crippen LogP) is 2.42. The Morgan fingerprint density at radius 2 is 1.58 bits per heavy atom. The summed E-state index contributed by atoms with van der Waals surface area (Å²) in [5.41, 5.74) is 0.764. The highest BCUT2D eigenvalue weighted by Gasteiger charge is 2.07. The van der Waals surface area contributed by atoms with E-state index < -0.39 is 5.92 Å². The largest absolute Gasteiger partial charge is 0.196 e. The third kappa shape index (κ3) is 1.96. The van der Waals surface area contributed by atoms with Crippen LogP contribution in [-0.4, -0.2) is 0 Å². The van der Waals surface area contributed by atoms with Crippen molar-refractivity contribution in [1.29, 1.82) is 10.5 Å². The molecule has 0 amide bonds. The van der Waals surface area contributed by atoms with Crippen molar-refractivity contribution in [1.82, 2.24) is 0 Å². The van der Waals surface area contributed by atoms with E-state index in [-0.39, 0.29) is 0 Å². The summed E-state index contributed by atoms with van der Waals surface area (Å²) in [6.07, 6.45) is 0. The van der Waals surface area contributed by atoms with E-state index in [1.165, 1.54) is 0 Å². The SMILES string of the molecule is N#CC(C#N)c1ccc(I)cc1. The fourth-order valence-corrected chi connectivity index (χ4v) is 1.19. The maximum absolute atomic E-state index is 8.57. The zero-order valence-corrected chi connectivity index (χ0v) is 8.32. The molecule has 12 heavy (non-hydrogen) atoms. The second-order valence-corrected chi connectivity index (χ2v) is 3.49. The normalized spacial score (nSPS) is 9.00. The van der Waals surface area contributed by atoms with Crippen molar-refractivity contribution in [3.05, 3.63) is 33.4 Å². The Bertz CT molecular complexity index is 328. The third-order valence-electron chi connectivity index (χ3n) is 1.46. The summed E-state index contributed by atoms with van der Waals surface area (Å²) < 4.78 is 1.10. The molecule has 58 valence electrons. The smallest absolute Gasteiger partial charge is 0.158 e. The van der Waals surface area contributed by atoms with Crippen molar-refractivity contribution >= 4 is 22.6 Å². The molecule has 1 aromatic rings. The zero-order chi connectivity index (χ0) is 8.97. The Balaban J connectivity index is 2.99. The van der Waals surface area contributed by atoms with Gasteiger partial charge in [-0.2, -0.15) is 10.5 Å². The van der Waals surface area contributed by atoms with Gasteiger partial charge in [0.1, 0.15) is 0 Å². The van der Waals surface area contributed by atoms with E-state index in [2.05, 4.69) is 22.6 Å². The molecule has 0 radical (unpaired) electrons. The Kier molecular flexibility index (Phi) is 3.07. The van der Waals surface area contributed by atoms with Crippen LogP contribution in [0.3, 0.4) is 0 Å². The van der Waals surface area contributed by atoms with Crippen molar-refractivity contribution < 1.29 is 0 Å². The van der Waals surface area contributed by atoms with Gasteiger partial charge in [0.25, 0.3) is 0 Å². The Morgan fingerprint density at radius 1 is 1.08 bits per heavy atom. The van der Waals surface area contributed by atoms with Gasteiger partial charge in [-0.25, -0.2) is 0 Å². The summed E-state index contributed by atoms with van der Waals surface area (Å²) in [7, 11) is 0. The summed E-state index contributed by atoms with van der Waals surface area (Å²) in [5.74, 6) is -0.637. The predicted molar refractivity (Wildman–Crippen MR) is 53.1 cm³/mol. The van der Waals surface area contributed by atoms with E-state index in [0.29, 0.717) is 0 Å². The van der Waals surface area contributed by atoms with Gasteiger partial charge in [-0.05, 0) is 40.3 Å². The van der Waals surface area contributed by atoms with Gasteiger partial charge in [0.15, 0.2) is 5.92 Å². The van der Waals surface area contributed by atoms with Crippen molar-refractivity contribution in [2.75, 3.05) is 0 Å². The first kappa shape index (κ1) is 9.02. The van der Waals surface area contributed by atoms with E-state index in [0.717, 1.165) is 9.13 Å². The van der Waals surface area contributed by atoms with Crippen LogP contribution in [0.25, 0.3) is 0 Å². The molecule has 0 aliphatic rings. The molecule has 1 rings (SSSR count). The van der Waals surface area contributed by atoms with Gasteiger partial charge >= 0.3 is 0 Å². The van der Waals surface area contributed by atoms with E-state index in [1.807, 2.05) is 24.3 Å². The standard InChI is InChI=1S/C9H5IN2/c10-9-3-1-7(2-4-9)8(5-11)6-12/h1-4,8H. The quantitative estimate of drug-likeness (QED) is 0.734. The molecule has 1 aromatic carbocycles. The van der Waals surface area contributed by atoms with Gasteiger partial charge in [0, 0.05) is 3.57 Å². The fourth-order valence-electron chi connectivity index (χ4n) is 0.833. The van der Waals surface area contributed by atoms with Crippen molar-refractivity contribution in [2.45, 2.75) is 5.92 Å². The minimum Gasteiger partial charge on any atom is -0.196 e. The molecule has 0 saturated carbocycles. The third-order valence-corrected chi connectivity index (χ3v) is 2.18. The van der Waals surface area contributed by atoms with Gasteiger partial charge in [-0.15, -0.1) is 0 Å². The second kappa shape index (κ2) is 4.08. The lowest BCUT2D eigenvalue weighted by Crippen LogP contribution is -1.90. The second-order valence-electron chi connectivity index (χ2n) is 2.24. The Labute approximate surface area is 84.6 Å². The molecule has 0 bridgehead atoms. The molecule has 0 heterocycles. The highest BCUT2D eigenvalue weighted by Crippen LogP contribution is 2.15. The monoisotopic (exact) mass is 268 g/mol. The summed E-state index contributed by atoms with van der Waals surface area (Å²) >= 11 is 2.18. The maximum Gasteiger partial charge on any atom is 0.158 e. The van der Waals surface area contributed by atoms with Crippen LogP contribution in [0.1, 0.15) is 11.5 Å². The van der Waals surface area contributed by atoms with Crippen LogP contribution in [0.4, 0.5) is 0 Å². The number of hydrogen-bond donors (Lipinski definition) is 0. The molecule has 2 nitrogen and oxygen atoms in total. The maximum atomic E-state index is 8.57. The number of halogens is 1. The Morgan fingerprint density at radius 3 is 2.00 bits per heavy atom. The number of nitriles is 2. The van der Waals surface area contributed by atoms with E-state index in [1.54, 1.807) is 12.1 Å². The highest BCUT2D eigenvalue weighted by molar-refractivity contribution is 14.1. The number of benzene rings is 1. The van der Waals surface area contributed by atoms with Crippen LogP contribution >= 0.6 is 22.6 Å². The first-order chi connectivity index (χ1) is 5.77. The van der Waals surface area contributed by atoms with Crippen LogP contribution in [0, 0.1) is 26.2 Å². The van der Waals surface area contributed by atoms with E-state index in [9.17, 15) is 0 Å². The molecule has 0 unspecified atom stereocenters. The molecule has 0 N–H and O–H groups in total. The molecular weight excluding hydrogens is 263 g/mol. The van der Waals surface area contributed by atoms with E-state index >= 15 is 0 Å². The molecule has 0 spiro atoms. The van der Waals surface area contributed by atoms with Crippen molar-refractivity contribution in [3.8, 4) is 12.1 Å². The number of hydrogen-bond acceptors (Lipinski definition) is 2.